The monoisotopic (exact) mass is 421 g/mol. The van der Waals surface area contributed by atoms with E-state index in [1.54, 1.807) is 9.80 Å². The van der Waals surface area contributed by atoms with Gasteiger partial charge in [0, 0.05) is 30.0 Å². The van der Waals surface area contributed by atoms with Crippen LogP contribution in [0.4, 0.5) is 17.1 Å². The van der Waals surface area contributed by atoms with Crippen molar-refractivity contribution in [2.24, 2.45) is 5.92 Å². The molecule has 0 radical (unpaired) electrons. The SMILES string of the molecule is CCc1ccccc1N1C[C@H](C(=O)Nc2ccc(N3CC[NH+](C)CC3)cc2C)CC1=O. The molecule has 2 amide bonds. The van der Waals surface area contributed by atoms with E-state index in [2.05, 4.69) is 36.3 Å². The molecule has 6 heteroatoms. The highest BCUT2D eigenvalue weighted by Gasteiger charge is 2.36. The van der Waals surface area contributed by atoms with E-state index in [-0.39, 0.29) is 24.2 Å². The number of rotatable bonds is 5. The third-order valence-electron chi connectivity index (χ3n) is 6.61. The number of para-hydroxylation sites is 1. The summed E-state index contributed by atoms with van der Waals surface area (Å²) in [6.45, 7) is 8.94. The molecular formula is C25H33N4O2+. The van der Waals surface area contributed by atoms with E-state index in [4.69, 9.17) is 0 Å². The lowest BCUT2D eigenvalue weighted by molar-refractivity contribution is -0.880. The summed E-state index contributed by atoms with van der Waals surface area (Å²) in [6, 6.07) is 14.2. The third kappa shape index (κ3) is 4.59. The molecule has 2 heterocycles. The molecule has 4 rings (SSSR count). The van der Waals surface area contributed by atoms with E-state index >= 15 is 0 Å². The van der Waals surface area contributed by atoms with E-state index in [1.807, 2.05) is 37.3 Å². The van der Waals surface area contributed by atoms with Crippen LogP contribution in [0.3, 0.4) is 0 Å². The zero-order valence-electron chi connectivity index (χ0n) is 18.8. The van der Waals surface area contributed by atoms with Crippen molar-refractivity contribution >= 4 is 28.9 Å². The molecule has 2 aliphatic rings. The van der Waals surface area contributed by atoms with Gasteiger partial charge in [0.2, 0.25) is 11.8 Å². The van der Waals surface area contributed by atoms with Crippen LogP contribution in [-0.2, 0) is 16.0 Å². The normalized spacial score (nSPS) is 19.7. The number of carbonyl (C=O) groups is 2. The van der Waals surface area contributed by atoms with Crippen molar-refractivity contribution in [2.45, 2.75) is 26.7 Å². The molecule has 2 aromatic carbocycles. The molecule has 2 fully saturated rings. The second-order valence-electron chi connectivity index (χ2n) is 8.82. The van der Waals surface area contributed by atoms with Crippen LogP contribution in [0.25, 0.3) is 0 Å². The number of hydrogen-bond donors (Lipinski definition) is 2. The summed E-state index contributed by atoms with van der Waals surface area (Å²) in [5, 5.41) is 3.07. The second kappa shape index (κ2) is 9.10. The van der Waals surface area contributed by atoms with Gasteiger partial charge in [0.15, 0.2) is 0 Å². The minimum Gasteiger partial charge on any atom is -0.360 e. The van der Waals surface area contributed by atoms with Gasteiger partial charge in [-0.1, -0.05) is 25.1 Å². The number of piperazine rings is 1. The molecule has 0 spiro atoms. The summed E-state index contributed by atoms with van der Waals surface area (Å²) in [4.78, 5) is 31.4. The predicted octanol–water partition coefficient (Wildman–Crippen LogP) is 1.88. The van der Waals surface area contributed by atoms with Gasteiger partial charge in [0.05, 0.1) is 39.1 Å². The number of amides is 2. The molecule has 2 saturated heterocycles. The standard InChI is InChI=1S/C25H32N4O2/c1-4-19-7-5-6-8-23(19)29-17-20(16-24(29)30)25(31)26-22-10-9-21(15-18(22)2)28-13-11-27(3)12-14-28/h5-10,15,20H,4,11-14,16-17H2,1-3H3,(H,26,31)/p+1/t20-/m1/s1. The van der Waals surface area contributed by atoms with E-state index < -0.39 is 0 Å². The van der Waals surface area contributed by atoms with E-state index in [0.29, 0.717) is 6.54 Å². The molecule has 31 heavy (non-hydrogen) atoms. The minimum atomic E-state index is -0.336. The summed E-state index contributed by atoms with van der Waals surface area (Å²) in [5.74, 6) is -0.397. The molecule has 2 N–H and O–H groups in total. The first kappa shape index (κ1) is 21.4. The maximum atomic E-state index is 13.0. The Bertz CT molecular complexity index is 966. The van der Waals surface area contributed by atoms with E-state index in [0.717, 1.165) is 55.1 Å². The van der Waals surface area contributed by atoms with Gasteiger partial charge in [-0.15, -0.1) is 0 Å². The first-order chi connectivity index (χ1) is 15.0. The predicted molar refractivity (Wildman–Crippen MR) is 125 cm³/mol. The number of likely N-dealkylation sites (N-methyl/N-ethyl adjacent to an activating group) is 1. The Hall–Kier alpha value is -2.86. The Morgan fingerprint density at radius 2 is 1.90 bits per heavy atom. The van der Waals surface area contributed by atoms with Crippen LogP contribution >= 0.6 is 0 Å². The fraction of sp³-hybridized carbons (Fsp3) is 0.440. The average molecular weight is 422 g/mol. The molecule has 2 aromatic rings. The Morgan fingerprint density at radius 1 is 1.16 bits per heavy atom. The van der Waals surface area contributed by atoms with Crippen LogP contribution in [-0.4, -0.2) is 51.6 Å². The second-order valence-corrected chi connectivity index (χ2v) is 8.82. The lowest BCUT2D eigenvalue weighted by Crippen LogP contribution is -3.12. The highest BCUT2D eigenvalue weighted by Crippen LogP contribution is 2.30. The number of hydrogen-bond acceptors (Lipinski definition) is 3. The van der Waals surface area contributed by atoms with E-state index in [1.165, 1.54) is 5.69 Å². The first-order valence-electron chi connectivity index (χ1n) is 11.3. The summed E-state index contributed by atoms with van der Waals surface area (Å²) >= 11 is 0. The molecule has 1 atom stereocenters. The average Bonchev–Trinajstić information content (AvgIpc) is 3.17. The van der Waals surface area contributed by atoms with Crippen molar-refractivity contribution in [2.75, 3.05) is 54.9 Å². The largest absolute Gasteiger partial charge is 0.360 e. The number of aryl methyl sites for hydroxylation is 2. The van der Waals surface area contributed by atoms with Gasteiger partial charge >= 0.3 is 0 Å². The van der Waals surface area contributed by atoms with Crippen molar-refractivity contribution in [1.82, 2.24) is 0 Å². The smallest absolute Gasteiger partial charge is 0.229 e. The molecule has 0 unspecified atom stereocenters. The van der Waals surface area contributed by atoms with Gasteiger partial charge in [-0.05, 0) is 48.7 Å². The third-order valence-corrected chi connectivity index (χ3v) is 6.61. The zero-order chi connectivity index (χ0) is 22.0. The molecule has 164 valence electrons. The molecule has 2 aliphatic heterocycles. The minimum absolute atomic E-state index is 0.0188. The van der Waals surface area contributed by atoms with Gasteiger partial charge in [0.1, 0.15) is 0 Å². The van der Waals surface area contributed by atoms with Crippen molar-refractivity contribution in [1.29, 1.82) is 0 Å². The number of nitrogens with zero attached hydrogens (tertiary/aromatic N) is 2. The van der Waals surface area contributed by atoms with Crippen LogP contribution in [0.15, 0.2) is 42.5 Å². The van der Waals surface area contributed by atoms with Gasteiger partial charge in [0.25, 0.3) is 0 Å². The molecular weight excluding hydrogens is 388 g/mol. The highest BCUT2D eigenvalue weighted by atomic mass is 16.2. The van der Waals surface area contributed by atoms with Crippen molar-refractivity contribution in [3.8, 4) is 0 Å². The number of benzene rings is 2. The zero-order valence-corrected chi connectivity index (χ0v) is 18.8. The summed E-state index contributed by atoms with van der Waals surface area (Å²) in [7, 11) is 2.23. The Kier molecular flexibility index (Phi) is 6.28. The van der Waals surface area contributed by atoms with E-state index in [9.17, 15) is 9.59 Å². The van der Waals surface area contributed by atoms with Crippen LogP contribution in [0, 0.1) is 12.8 Å². The summed E-state index contributed by atoms with van der Waals surface area (Å²) in [5.41, 5.74) is 5.15. The fourth-order valence-electron chi connectivity index (χ4n) is 4.56. The van der Waals surface area contributed by atoms with Crippen LogP contribution in [0.1, 0.15) is 24.5 Å². The number of anilines is 3. The van der Waals surface area contributed by atoms with Gasteiger partial charge in [-0.25, -0.2) is 0 Å². The summed E-state index contributed by atoms with van der Waals surface area (Å²) < 4.78 is 0. The lowest BCUT2D eigenvalue weighted by atomic mass is 10.1. The lowest BCUT2D eigenvalue weighted by Gasteiger charge is -2.32. The molecule has 0 bridgehead atoms. The Labute approximate surface area is 184 Å². The van der Waals surface area contributed by atoms with Crippen LogP contribution in [0.2, 0.25) is 0 Å². The van der Waals surface area contributed by atoms with Gasteiger partial charge in [-0.3, -0.25) is 9.59 Å². The highest BCUT2D eigenvalue weighted by molar-refractivity contribution is 6.04. The number of carbonyl (C=O) groups excluding carboxylic acids is 2. The maximum absolute atomic E-state index is 13.0. The van der Waals surface area contributed by atoms with Crippen molar-refractivity contribution in [3.05, 3.63) is 53.6 Å². The van der Waals surface area contributed by atoms with Crippen LogP contribution < -0.4 is 20.0 Å². The topological polar surface area (TPSA) is 57.1 Å². The number of quaternary nitrogens is 1. The van der Waals surface area contributed by atoms with Crippen molar-refractivity contribution in [3.63, 3.8) is 0 Å². The molecule has 6 nitrogen and oxygen atoms in total. The van der Waals surface area contributed by atoms with Gasteiger partial charge in [-0.2, -0.15) is 0 Å². The number of nitrogens with one attached hydrogen (secondary N) is 2. The Balaban J connectivity index is 1.42. The molecule has 0 aromatic heterocycles. The molecule has 0 aliphatic carbocycles. The first-order valence-corrected chi connectivity index (χ1v) is 11.3. The molecule has 0 saturated carbocycles. The van der Waals surface area contributed by atoms with Crippen LogP contribution in [0.5, 0.6) is 0 Å². The van der Waals surface area contributed by atoms with Gasteiger partial charge < -0.3 is 20.0 Å². The fourth-order valence-corrected chi connectivity index (χ4v) is 4.56. The summed E-state index contributed by atoms with van der Waals surface area (Å²) in [6.07, 6.45) is 1.11. The van der Waals surface area contributed by atoms with Crippen molar-refractivity contribution < 1.29 is 14.5 Å². The maximum Gasteiger partial charge on any atom is 0.229 e. The quantitative estimate of drug-likeness (QED) is 0.775. The Morgan fingerprint density at radius 3 is 2.61 bits per heavy atom.